The van der Waals surface area contributed by atoms with E-state index in [9.17, 15) is 4.79 Å². The lowest BCUT2D eigenvalue weighted by Crippen LogP contribution is -2.13. The summed E-state index contributed by atoms with van der Waals surface area (Å²) >= 11 is 6.27. The highest BCUT2D eigenvalue weighted by Gasteiger charge is 2.17. The molecule has 0 aliphatic carbocycles. The van der Waals surface area contributed by atoms with Crippen LogP contribution < -0.4 is 19.5 Å². The van der Waals surface area contributed by atoms with Gasteiger partial charge in [0, 0.05) is 5.56 Å². The Balaban J connectivity index is 2.26. The summed E-state index contributed by atoms with van der Waals surface area (Å²) in [6.45, 7) is 4.91. The molecule has 0 fully saturated rings. The molecule has 0 bridgehead atoms. The molecule has 6 heteroatoms. The van der Waals surface area contributed by atoms with Crippen molar-refractivity contribution in [3.63, 3.8) is 0 Å². The van der Waals surface area contributed by atoms with Gasteiger partial charge in [-0.15, -0.1) is 0 Å². The fourth-order valence-electron chi connectivity index (χ4n) is 2.24. The molecule has 0 saturated heterocycles. The van der Waals surface area contributed by atoms with E-state index in [2.05, 4.69) is 5.32 Å². The van der Waals surface area contributed by atoms with Gasteiger partial charge >= 0.3 is 0 Å². The van der Waals surface area contributed by atoms with Gasteiger partial charge in [-0.05, 0) is 37.6 Å². The van der Waals surface area contributed by atoms with Gasteiger partial charge in [-0.3, -0.25) is 4.79 Å². The van der Waals surface area contributed by atoms with Crippen LogP contribution in [0.1, 0.15) is 30.6 Å². The van der Waals surface area contributed by atoms with Gasteiger partial charge in [0.25, 0.3) is 5.91 Å². The molecule has 0 atom stereocenters. The van der Waals surface area contributed by atoms with Crippen LogP contribution in [-0.4, -0.2) is 26.2 Å². The number of hydrogen-bond acceptors (Lipinski definition) is 4. The molecule has 25 heavy (non-hydrogen) atoms. The number of rotatable bonds is 8. The Bertz CT molecular complexity index is 733. The first-order valence-electron chi connectivity index (χ1n) is 8.14. The lowest BCUT2D eigenvalue weighted by molar-refractivity contribution is 0.102. The van der Waals surface area contributed by atoms with Gasteiger partial charge in [0.2, 0.25) is 0 Å². The molecule has 1 amide bonds. The van der Waals surface area contributed by atoms with Crippen molar-refractivity contribution in [2.24, 2.45) is 0 Å². The number of carbonyl (C=O) groups excluding carboxylic acids is 1. The summed E-state index contributed by atoms with van der Waals surface area (Å²) in [6.07, 6.45) is 0.843. The van der Waals surface area contributed by atoms with E-state index in [-0.39, 0.29) is 5.91 Å². The predicted molar refractivity (Wildman–Crippen MR) is 99.4 cm³/mol. The van der Waals surface area contributed by atoms with Gasteiger partial charge in [-0.25, -0.2) is 0 Å². The Kier molecular flexibility index (Phi) is 6.95. The van der Waals surface area contributed by atoms with E-state index in [1.807, 2.05) is 26.0 Å². The number of carbonyl (C=O) groups is 1. The monoisotopic (exact) mass is 363 g/mol. The minimum absolute atomic E-state index is 0.311. The lowest BCUT2D eigenvalue weighted by Gasteiger charge is -2.15. The van der Waals surface area contributed by atoms with Crippen LogP contribution in [0.25, 0.3) is 0 Å². The van der Waals surface area contributed by atoms with Crippen molar-refractivity contribution in [2.45, 2.75) is 20.3 Å². The zero-order valence-electron chi connectivity index (χ0n) is 14.6. The predicted octanol–water partition coefficient (Wildman–Crippen LogP) is 4.79. The van der Waals surface area contributed by atoms with E-state index < -0.39 is 0 Å². The summed E-state index contributed by atoms with van der Waals surface area (Å²) in [5, 5.41) is 3.16. The highest BCUT2D eigenvalue weighted by Crippen LogP contribution is 2.37. The standard InChI is InChI=1S/C19H22ClNO4/c1-4-10-25-18-14(20)11-13(12-17(18)23-3)19(22)21-15-8-6-7-9-16(15)24-5-2/h6-9,11-12H,4-5,10H2,1-3H3,(H,21,22). The second-order valence-corrected chi connectivity index (χ2v) is 5.63. The van der Waals surface area contributed by atoms with E-state index in [4.69, 9.17) is 25.8 Å². The Hall–Kier alpha value is -2.40. The summed E-state index contributed by atoms with van der Waals surface area (Å²) < 4.78 is 16.4. The molecule has 1 N–H and O–H groups in total. The summed E-state index contributed by atoms with van der Waals surface area (Å²) in [5.74, 6) is 1.16. The van der Waals surface area contributed by atoms with Crippen molar-refractivity contribution in [1.29, 1.82) is 0 Å². The SMILES string of the molecule is CCCOc1c(Cl)cc(C(=O)Nc2ccccc2OCC)cc1OC. The molecule has 2 aromatic carbocycles. The third-order valence-corrected chi connectivity index (χ3v) is 3.66. The topological polar surface area (TPSA) is 56.8 Å². The Morgan fingerprint density at radius 2 is 1.88 bits per heavy atom. The third-order valence-electron chi connectivity index (χ3n) is 3.38. The number of benzene rings is 2. The van der Waals surface area contributed by atoms with Gasteiger partial charge in [0.15, 0.2) is 11.5 Å². The van der Waals surface area contributed by atoms with E-state index in [1.165, 1.54) is 7.11 Å². The Morgan fingerprint density at radius 1 is 1.12 bits per heavy atom. The van der Waals surface area contributed by atoms with Crippen molar-refractivity contribution >= 4 is 23.2 Å². The molecule has 5 nitrogen and oxygen atoms in total. The van der Waals surface area contributed by atoms with Crippen LogP contribution in [0.3, 0.4) is 0 Å². The molecular formula is C19H22ClNO4. The van der Waals surface area contributed by atoms with Crippen LogP contribution in [0.5, 0.6) is 17.2 Å². The highest BCUT2D eigenvalue weighted by atomic mass is 35.5. The Morgan fingerprint density at radius 3 is 2.56 bits per heavy atom. The molecule has 0 saturated carbocycles. The normalized spacial score (nSPS) is 10.2. The van der Waals surface area contributed by atoms with Gasteiger partial charge in [-0.1, -0.05) is 30.7 Å². The molecule has 0 unspecified atom stereocenters. The fraction of sp³-hybridized carbons (Fsp3) is 0.316. The largest absolute Gasteiger partial charge is 0.493 e. The first-order valence-corrected chi connectivity index (χ1v) is 8.52. The summed E-state index contributed by atoms with van der Waals surface area (Å²) in [7, 11) is 1.51. The Labute approximate surface area is 152 Å². The van der Waals surface area contributed by atoms with Crippen molar-refractivity contribution in [3.8, 4) is 17.2 Å². The minimum Gasteiger partial charge on any atom is -0.493 e. The van der Waals surface area contributed by atoms with Crippen LogP contribution >= 0.6 is 11.6 Å². The number of ether oxygens (including phenoxy) is 3. The third kappa shape index (κ3) is 4.79. The van der Waals surface area contributed by atoms with E-state index in [0.29, 0.717) is 46.7 Å². The molecule has 0 radical (unpaired) electrons. The van der Waals surface area contributed by atoms with Crippen molar-refractivity contribution < 1.29 is 19.0 Å². The van der Waals surface area contributed by atoms with E-state index in [1.54, 1.807) is 24.3 Å². The van der Waals surface area contributed by atoms with Crippen LogP contribution in [0, 0.1) is 0 Å². The number of nitrogens with one attached hydrogen (secondary N) is 1. The molecule has 134 valence electrons. The zero-order chi connectivity index (χ0) is 18.2. The maximum Gasteiger partial charge on any atom is 0.255 e. The number of para-hydroxylation sites is 2. The van der Waals surface area contributed by atoms with Crippen molar-refractivity contribution in [1.82, 2.24) is 0 Å². The van der Waals surface area contributed by atoms with Gasteiger partial charge in [0.1, 0.15) is 5.75 Å². The van der Waals surface area contributed by atoms with Crippen LogP contribution in [0.15, 0.2) is 36.4 Å². The van der Waals surface area contributed by atoms with Gasteiger partial charge < -0.3 is 19.5 Å². The lowest BCUT2D eigenvalue weighted by atomic mass is 10.1. The first kappa shape index (κ1) is 18.9. The summed E-state index contributed by atoms with van der Waals surface area (Å²) in [5.41, 5.74) is 0.966. The number of anilines is 1. The molecule has 2 rings (SSSR count). The van der Waals surface area contributed by atoms with Crippen LogP contribution in [0.2, 0.25) is 5.02 Å². The van der Waals surface area contributed by atoms with Crippen LogP contribution in [0.4, 0.5) is 5.69 Å². The number of methoxy groups -OCH3 is 1. The molecule has 0 heterocycles. The van der Waals surface area contributed by atoms with Crippen LogP contribution in [-0.2, 0) is 0 Å². The second kappa shape index (κ2) is 9.18. The van der Waals surface area contributed by atoms with E-state index in [0.717, 1.165) is 6.42 Å². The fourth-order valence-corrected chi connectivity index (χ4v) is 2.51. The molecule has 0 spiro atoms. The first-order chi connectivity index (χ1) is 12.1. The maximum atomic E-state index is 12.6. The quantitative estimate of drug-likeness (QED) is 0.732. The zero-order valence-corrected chi connectivity index (χ0v) is 15.4. The van der Waals surface area contributed by atoms with Crippen molar-refractivity contribution in [2.75, 3.05) is 25.6 Å². The second-order valence-electron chi connectivity index (χ2n) is 5.22. The molecule has 2 aromatic rings. The van der Waals surface area contributed by atoms with Crippen molar-refractivity contribution in [3.05, 3.63) is 47.0 Å². The van der Waals surface area contributed by atoms with Gasteiger partial charge in [0.05, 0.1) is 31.0 Å². The molecule has 0 aliphatic heterocycles. The number of halogens is 1. The molecule has 0 aromatic heterocycles. The highest BCUT2D eigenvalue weighted by molar-refractivity contribution is 6.32. The number of amides is 1. The summed E-state index contributed by atoms with van der Waals surface area (Å²) in [6, 6.07) is 10.4. The smallest absolute Gasteiger partial charge is 0.255 e. The van der Waals surface area contributed by atoms with Gasteiger partial charge in [-0.2, -0.15) is 0 Å². The maximum absolute atomic E-state index is 12.6. The minimum atomic E-state index is -0.311. The molecule has 0 aliphatic rings. The summed E-state index contributed by atoms with van der Waals surface area (Å²) in [4.78, 5) is 12.6. The number of hydrogen-bond donors (Lipinski definition) is 1. The van der Waals surface area contributed by atoms with E-state index >= 15 is 0 Å². The average molecular weight is 364 g/mol. The molecular weight excluding hydrogens is 342 g/mol. The average Bonchev–Trinajstić information content (AvgIpc) is 2.61.